The first-order valence-electron chi connectivity index (χ1n) is 7.68. The molecule has 0 aliphatic rings. The molecule has 0 aliphatic heterocycles. The molecule has 0 N–H and O–H groups in total. The van der Waals surface area contributed by atoms with Crippen LogP contribution in [-0.2, 0) is 0 Å². The maximum absolute atomic E-state index is 10.8. The topological polar surface area (TPSA) is 56.2 Å². The quantitative estimate of drug-likeness (QED) is 0.488. The number of hydrogen-bond donors (Lipinski definition) is 0. The number of rotatable bonds is 3. The summed E-state index contributed by atoms with van der Waals surface area (Å²) in [5, 5.41) is 0. The molecule has 2 aromatic carbocycles. The van der Waals surface area contributed by atoms with Crippen LogP contribution in [0.4, 0.5) is 0 Å². The van der Waals surface area contributed by atoms with Gasteiger partial charge in [-0.1, -0.05) is 18.2 Å². The van der Waals surface area contributed by atoms with E-state index in [1.807, 2.05) is 50.2 Å². The Hall–Kier alpha value is -3.14. The van der Waals surface area contributed by atoms with Crippen LogP contribution in [0.3, 0.4) is 0 Å². The molecule has 0 saturated carbocycles. The van der Waals surface area contributed by atoms with Gasteiger partial charge in [0, 0.05) is 11.1 Å². The van der Waals surface area contributed by atoms with Crippen molar-refractivity contribution in [3.05, 3.63) is 65.4 Å². The van der Waals surface area contributed by atoms with E-state index in [-0.39, 0.29) is 0 Å². The van der Waals surface area contributed by atoms with E-state index in [2.05, 4.69) is 4.98 Å². The average molecular weight is 317 g/mol. The molecule has 2 heterocycles. The first-order chi connectivity index (χ1) is 11.7. The van der Waals surface area contributed by atoms with Crippen molar-refractivity contribution in [1.82, 2.24) is 4.98 Å². The summed E-state index contributed by atoms with van der Waals surface area (Å²) in [5.74, 6) is 1.56. The van der Waals surface area contributed by atoms with E-state index in [4.69, 9.17) is 8.83 Å². The lowest BCUT2D eigenvalue weighted by atomic mass is 10.1. The Morgan fingerprint density at radius 3 is 2.54 bits per heavy atom. The summed E-state index contributed by atoms with van der Waals surface area (Å²) in [6.07, 6.45) is 0.696. The number of carbonyl (C=O) groups excluding carboxylic acids is 1. The van der Waals surface area contributed by atoms with Crippen molar-refractivity contribution in [3.63, 3.8) is 0 Å². The molecule has 4 rings (SSSR count). The number of aldehydes is 1. The molecule has 0 aliphatic carbocycles. The van der Waals surface area contributed by atoms with Gasteiger partial charge < -0.3 is 8.83 Å². The molecule has 0 radical (unpaired) electrons. The summed E-state index contributed by atoms with van der Waals surface area (Å²) in [6, 6.07) is 15.3. The van der Waals surface area contributed by atoms with Crippen molar-refractivity contribution < 1.29 is 13.6 Å². The molecule has 0 bridgehead atoms. The predicted octanol–water partition coefficient (Wildman–Crippen LogP) is 5.18. The van der Waals surface area contributed by atoms with Crippen LogP contribution >= 0.6 is 0 Å². The number of hydrogen-bond acceptors (Lipinski definition) is 4. The zero-order valence-electron chi connectivity index (χ0n) is 13.4. The van der Waals surface area contributed by atoms with Gasteiger partial charge in [0.1, 0.15) is 11.3 Å². The molecule has 4 nitrogen and oxygen atoms in total. The van der Waals surface area contributed by atoms with Crippen molar-refractivity contribution in [2.24, 2.45) is 0 Å². The van der Waals surface area contributed by atoms with E-state index in [0.29, 0.717) is 23.7 Å². The number of fused-ring (bicyclic) bond motifs is 1. The van der Waals surface area contributed by atoms with Gasteiger partial charge in [-0.05, 0) is 55.3 Å². The number of aromatic nitrogens is 1. The van der Waals surface area contributed by atoms with Gasteiger partial charge in [-0.3, -0.25) is 4.79 Å². The molecule has 24 heavy (non-hydrogen) atoms. The fourth-order valence-electron chi connectivity index (χ4n) is 2.84. The van der Waals surface area contributed by atoms with E-state index in [1.54, 1.807) is 12.1 Å². The monoisotopic (exact) mass is 317 g/mol. The van der Waals surface area contributed by atoms with Crippen molar-refractivity contribution >= 4 is 17.4 Å². The van der Waals surface area contributed by atoms with Gasteiger partial charge in [-0.2, -0.15) is 0 Å². The summed E-state index contributed by atoms with van der Waals surface area (Å²) in [5.41, 5.74) is 5.47. The Bertz CT molecular complexity index is 1060. The summed E-state index contributed by atoms with van der Waals surface area (Å²) in [6.45, 7) is 4.01. The number of aryl methyl sites for hydroxylation is 2. The predicted molar refractivity (Wildman–Crippen MR) is 92.0 cm³/mol. The molecular weight excluding hydrogens is 302 g/mol. The van der Waals surface area contributed by atoms with E-state index >= 15 is 0 Å². The van der Waals surface area contributed by atoms with Crippen LogP contribution in [0.2, 0.25) is 0 Å². The van der Waals surface area contributed by atoms with Gasteiger partial charge in [0.15, 0.2) is 17.6 Å². The molecule has 4 heteroatoms. The fraction of sp³-hybridized carbons (Fsp3) is 0.100. The third-order valence-electron chi connectivity index (χ3n) is 4.08. The van der Waals surface area contributed by atoms with Gasteiger partial charge in [0.25, 0.3) is 0 Å². The zero-order chi connectivity index (χ0) is 16.7. The third kappa shape index (κ3) is 2.33. The zero-order valence-corrected chi connectivity index (χ0v) is 13.4. The van der Waals surface area contributed by atoms with Crippen LogP contribution in [0.25, 0.3) is 33.9 Å². The van der Waals surface area contributed by atoms with Crippen LogP contribution in [-0.4, -0.2) is 11.3 Å². The third-order valence-corrected chi connectivity index (χ3v) is 4.08. The van der Waals surface area contributed by atoms with Crippen molar-refractivity contribution in [3.8, 4) is 22.8 Å². The highest BCUT2D eigenvalue weighted by Gasteiger charge is 2.14. The highest BCUT2D eigenvalue weighted by Crippen LogP contribution is 2.32. The van der Waals surface area contributed by atoms with Crippen LogP contribution in [0, 0.1) is 13.8 Å². The van der Waals surface area contributed by atoms with Crippen molar-refractivity contribution in [1.29, 1.82) is 0 Å². The lowest BCUT2D eigenvalue weighted by molar-refractivity contribution is 0.110. The van der Waals surface area contributed by atoms with Gasteiger partial charge in [-0.15, -0.1) is 0 Å². The van der Waals surface area contributed by atoms with Crippen LogP contribution in [0.15, 0.2) is 57.4 Å². The van der Waals surface area contributed by atoms with Crippen molar-refractivity contribution in [2.75, 3.05) is 0 Å². The first kappa shape index (κ1) is 14.5. The molecule has 118 valence electrons. The van der Waals surface area contributed by atoms with E-state index < -0.39 is 0 Å². The second-order valence-corrected chi connectivity index (χ2v) is 5.80. The molecular formula is C20H15NO3. The minimum atomic E-state index is 0.309. The number of nitrogens with zero attached hydrogens (tertiary/aromatic N) is 1. The number of benzene rings is 2. The molecule has 0 unspecified atom stereocenters. The van der Waals surface area contributed by atoms with Gasteiger partial charge in [0.05, 0.1) is 0 Å². The molecule has 0 amide bonds. The molecule has 0 saturated heterocycles. The van der Waals surface area contributed by atoms with Gasteiger partial charge >= 0.3 is 0 Å². The van der Waals surface area contributed by atoms with Gasteiger partial charge in [0.2, 0.25) is 5.89 Å². The smallest absolute Gasteiger partial charge is 0.227 e. The Balaban J connectivity index is 1.87. The van der Waals surface area contributed by atoms with E-state index in [1.165, 1.54) is 0 Å². The molecule has 0 atom stereocenters. The second kappa shape index (κ2) is 5.49. The van der Waals surface area contributed by atoms with Gasteiger partial charge in [-0.25, -0.2) is 4.98 Å². The summed E-state index contributed by atoms with van der Waals surface area (Å²) in [7, 11) is 0. The summed E-state index contributed by atoms with van der Waals surface area (Å²) >= 11 is 0. The Morgan fingerprint density at radius 1 is 0.958 bits per heavy atom. The summed E-state index contributed by atoms with van der Waals surface area (Å²) < 4.78 is 11.5. The minimum absolute atomic E-state index is 0.309. The Morgan fingerprint density at radius 2 is 1.79 bits per heavy atom. The highest BCUT2D eigenvalue weighted by molar-refractivity contribution is 5.85. The van der Waals surface area contributed by atoms with Crippen LogP contribution in [0.5, 0.6) is 0 Å². The fourth-order valence-corrected chi connectivity index (χ4v) is 2.84. The lowest BCUT2D eigenvalue weighted by Gasteiger charge is -2.00. The van der Waals surface area contributed by atoms with E-state index in [0.717, 1.165) is 33.4 Å². The normalized spacial score (nSPS) is 11.1. The lowest BCUT2D eigenvalue weighted by Crippen LogP contribution is -1.81. The number of furan rings is 1. The number of carbonyl (C=O) groups is 1. The highest BCUT2D eigenvalue weighted by atomic mass is 16.4. The standard InChI is InChI=1S/C20H15NO3/c1-12-5-3-4-6-16(12)20-21-17-10-14(9-13(2)19(17)24-20)18-8-7-15(11-22)23-18/h3-11H,1-2H3. The molecule has 0 fully saturated rings. The summed E-state index contributed by atoms with van der Waals surface area (Å²) in [4.78, 5) is 15.4. The molecule has 4 aromatic rings. The van der Waals surface area contributed by atoms with Crippen LogP contribution < -0.4 is 0 Å². The largest absolute Gasteiger partial charge is 0.453 e. The Kier molecular flexibility index (Phi) is 3.31. The maximum Gasteiger partial charge on any atom is 0.227 e. The minimum Gasteiger partial charge on any atom is -0.453 e. The second-order valence-electron chi connectivity index (χ2n) is 5.80. The van der Waals surface area contributed by atoms with Crippen LogP contribution in [0.1, 0.15) is 21.7 Å². The SMILES string of the molecule is Cc1ccccc1-c1nc2cc(-c3ccc(C=O)o3)cc(C)c2o1. The molecule has 0 spiro atoms. The first-order valence-corrected chi connectivity index (χ1v) is 7.68. The average Bonchev–Trinajstić information content (AvgIpc) is 3.22. The Labute approximate surface area is 138 Å². The molecule has 2 aromatic heterocycles. The van der Waals surface area contributed by atoms with E-state index in [9.17, 15) is 4.79 Å². The number of oxazole rings is 1. The van der Waals surface area contributed by atoms with Crippen molar-refractivity contribution in [2.45, 2.75) is 13.8 Å². The maximum atomic E-state index is 10.8.